The number of aliphatic hydroxyl groups excluding tert-OH is 1. The molecule has 0 spiro atoms. The van der Waals surface area contributed by atoms with Gasteiger partial charge in [0.2, 0.25) is 5.88 Å². The average Bonchev–Trinajstić information content (AvgIpc) is 3.11. The number of rotatable bonds is 13. The van der Waals surface area contributed by atoms with Crippen molar-refractivity contribution in [1.29, 1.82) is 0 Å². The highest BCUT2D eigenvalue weighted by Gasteiger charge is 2.22. The van der Waals surface area contributed by atoms with Crippen LogP contribution in [0.25, 0.3) is 5.69 Å². The highest BCUT2D eigenvalue weighted by atomic mass is 35.5. The number of methoxy groups -OCH3 is 1. The lowest BCUT2D eigenvalue weighted by molar-refractivity contribution is 0.0786. The summed E-state index contributed by atoms with van der Waals surface area (Å²) < 4.78 is 27.1. The highest BCUT2D eigenvalue weighted by molar-refractivity contribution is 6.30. The molecule has 1 heterocycles. The molecule has 0 unspecified atom stereocenters. The van der Waals surface area contributed by atoms with E-state index in [1.54, 1.807) is 36.1 Å². The van der Waals surface area contributed by atoms with Crippen molar-refractivity contribution in [2.24, 2.45) is 0 Å². The lowest BCUT2D eigenvalue weighted by Gasteiger charge is -2.25. The predicted octanol–water partition coefficient (Wildman–Crippen LogP) is 5.77. The van der Waals surface area contributed by atoms with Crippen molar-refractivity contribution in [3.8, 4) is 17.3 Å². The Labute approximate surface area is 205 Å². The van der Waals surface area contributed by atoms with Gasteiger partial charge in [-0.15, -0.1) is 0 Å². The van der Waals surface area contributed by atoms with Crippen molar-refractivity contribution < 1.29 is 19.0 Å². The largest absolute Gasteiger partial charge is 0.438 e. The molecule has 0 saturated carbocycles. The van der Waals surface area contributed by atoms with Gasteiger partial charge in [-0.3, -0.25) is 4.90 Å². The molecule has 0 bridgehead atoms. The summed E-state index contributed by atoms with van der Waals surface area (Å²) in [5.41, 5.74) is 2.42. The van der Waals surface area contributed by atoms with Crippen LogP contribution in [0, 0.1) is 12.7 Å². The summed E-state index contributed by atoms with van der Waals surface area (Å²) in [6, 6.07) is 13.3. The van der Waals surface area contributed by atoms with E-state index < -0.39 is 6.10 Å². The van der Waals surface area contributed by atoms with E-state index in [4.69, 9.17) is 26.2 Å². The van der Waals surface area contributed by atoms with Gasteiger partial charge in [-0.2, -0.15) is 5.10 Å². The molecule has 0 amide bonds. The van der Waals surface area contributed by atoms with Crippen molar-refractivity contribution >= 4 is 11.6 Å². The summed E-state index contributed by atoms with van der Waals surface area (Å²) in [4.78, 5) is 2.14. The number of ether oxygens (including phenoxy) is 2. The Bertz CT molecular complexity index is 1040. The average molecular weight is 490 g/mol. The molecule has 3 aromatic rings. The maximum atomic E-state index is 13.9. The lowest BCUT2D eigenvalue weighted by atomic mass is 10.1. The van der Waals surface area contributed by atoms with Gasteiger partial charge in [-0.1, -0.05) is 37.4 Å². The summed E-state index contributed by atoms with van der Waals surface area (Å²) >= 11 is 6.08. The maximum Gasteiger partial charge on any atom is 0.227 e. The number of hydrogen-bond acceptors (Lipinski definition) is 5. The minimum Gasteiger partial charge on any atom is -0.438 e. The van der Waals surface area contributed by atoms with Gasteiger partial charge in [0.15, 0.2) is 0 Å². The Hall–Kier alpha value is -2.45. The molecule has 0 fully saturated rings. The predicted molar refractivity (Wildman–Crippen MR) is 132 cm³/mol. The van der Waals surface area contributed by atoms with E-state index in [1.165, 1.54) is 12.1 Å². The van der Waals surface area contributed by atoms with Crippen LogP contribution in [0.4, 0.5) is 4.39 Å². The molecule has 1 aromatic heterocycles. The molecule has 1 atom stereocenters. The second kappa shape index (κ2) is 12.9. The number of hydrogen-bond donors (Lipinski definition) is 1. The fraction of sp³-hybridized carbons (Fsp3) is 0.423. The monoisotopic (exact) mass is 489 g/mol. The molecule has 34 heavy (non-hydrogen) atoms. The number of unbranched alkanes of at least 4 members (excludes halogenated alkanes) is 1. The lowest BCUT2D eigenvalue weighted by Crippen LogP contribution is -2.34. The van der Waals surface area contributed by atoms with Crippen LogP contribution in [0.3, 0.4) is 0 Å². The zero-order chi connectivity index (χ0) is 24.5. The van der Waals surface area contributed by atoms with E-state index in [0.29, 0.717) is 42.9 Å². The van der Waals surface area contributed by atoms with Crippen LogP contribution in [0.2, 0.25) is 5.02 Å². The summed E-state index contributed by atoms with van der Waals surface area (Å²) in [6.45, 7) is 6.21. The Morgan fingerprint density at radius 2 is 1.97 bits per heavy atom. The molecule has 3 rings (SSSR count). The SMILES string of the molecule is CCCC[C@H](O)CN(CCOC)Cc1c(C)nn(-c2ccc(Cl)cc2)c1Oc1cccc(F)c1. The molecule has 2 aromatic carbocycles. The Kier molecular flexibility index (Phi) is 9.89. The third-order valence-electron chi connectivity index (χ3n) is 5.57. The first-order valence-electron chi connectivity index (χ1n) is 11.6. The van der Waals surface area contributed by atoms with E-state index in [9.17, 15) is 9.50 Å². The van der Waals surface area contributed by atoms with Crippen molar-refractivity contribution in [2.75, 3.05) is 26.8 Å². The second-order valence-corrected chi connectivity index (χ2v) is 8.78. The van der Waals surface area contributed by atoms with Gasteiger partial charge >= 0.3 is 0 Å². The van der Waals surface area contributed by atoms with E-state index >= 15 is 0 Å². The van der Waals surface area contributed by atoms with Crippen LogP contribution in [-0.4, -0.2) is 52.7 Å². The molecule has 0 aliphatic carbocycles. The van der Waals surface area contributed by atoms with Gasteiger partial charge in [0.05, 0.1) is 29.7 Å². The Balaban J connectivity index is 1.97. The maximum absolute atomic E-state index is 13.9. The zero-order valence-corrected chi connectivity index (χ0v) is 20.8. The summed E-state index contributed by atoms with van der Waals surface area (Å²) in [5.74, 6) is 0.493. The smallest absolute Gasteiger partial charge is 0.227 e. The Morgan fingerprint density at radius 1 is 1.21 bits per heavy atom. The van der Waals surface area contributed by atoms with Crippen LogP contribution in [-0.2, 0) is 11.3 Å². The van der Waals surface area contributed by atoms with Crippen LogP contribution in [0.15, 0.2) is 48.5 Å². The molecule has 0 saturated heterocycles. The molecule has 8 heteroatoms. The molecule has 6 nitrogen and oxygen atoms in total. The third-order valence-corrected chi connectivity index (χ3v) is 5.82. The quantitative estimate of drug-likeness (QED) is 0.330. The molecule has 1 N–H and O–H groups in total. The number of aryl methyl sites for hydroxylation is 1. The number of nitrogens with zero attached hydrogens (tertiary/aromatic N) is 3. The van der Waals surface area contributed by atoms with Crippen LogP contribution >= 0.6 is 11.6 Å². The number of halogens is 2. The van der Waals surface area contributed by atoms with Gasteiger partial charge in [0, 0.05) is 37.8 Å². The van der Waals surface area contributed by atoms with E-state index in [-0.39, 0.29) is 5.82 Å². The van der Waals surface area contributed by atoms with Gasteiger partial charge in [-0.25, -0.2) is 9.07 Å². The second-order valence-electron chi connectivity index (χ2n) is 8.34. The molecule has 184 valence electrons. The number of aliphatic hydroxyl groups is 1. The van der Waals surface area contributed by atoms with Gasteiger partial charge < -0.3 is 14.6 Å². The minimum atomic E-state index is -0.434. The van der Waals surface area contributed by atoms with Crippen LogP contribution < -0.4 is 4.74 Å². The first-order chi connectivity index (χ1) is 16.4. The number of aromatic nitrogens is 2. The molecular weight excluding hydrogens is 457 g/mol. The summed E-state index contributed by atoms with van der Waals surface area (Å²) in [5, 5.41) is 15.9. The van der Waals surface area contributed by atoms with Gasteiger partial charge in [0.25, 0.3) is 0 Å². The van der Waals surface area contributed by atoms with Crippen molar-refractivity contribution in [1.82, 2.24) is 14.7 Å². The fourth-order valence-electron chi connectivity index (χ4n) is 3.73. The first-order valence-corrected chi connectivity index (χ1v) is 12.0. The Morgan fingerprint density at radius 3 is 2.65 bits per heavy atom. The minimum absolute atomic E-state index is 0.378. The van der Waals surface area contributed by atoms with Crippen LogP contribution in [0.5, 0.6) is 11.6 Å². The molecular formula is C26H33ClFN3O3. The van der Waals surface area contributed by atoms with Crippen molar-refractivity contribution in [3.05, 3.63) is 70.6 Å². The van der Waals surface area contributed by atoms with Crippen molar-refractivity contribution in [2.45, 2.75) is 45.8 Å². The molecule has 0 radical (unpaired) electrons. The highest BCUT2D eigenvalue weighted by Crippen LogP contribution is 2.32. The standard InChI is InChI=1S/C26H33ClFN3O3/c1-4-5-8-23(32)17-30(14-15-33-3)18-25-19(2)29-31(22-12-10-20(27)11-13-22)26(25)34-24-9-6-7-21(28)16-24/h6-7,9-13,16,23,32H,4-5,8,14-15,17-18H2,1-3H3/t23-/m0/s1. The fourth-order valence-corrected chi connectivity index (χ4v) is 3.86. The molecule has 0 aliphatic heterocycles. The first kappa shape index (κ1) is 26.2. The number of benzene rings is 2. The topological polar surface area (TPSA) is 59.8 Å². The zero-order valence-electron chi connectivity index (χ0n) is 20.0. The normalized spacial score (nSPS) is 12.3. The third kappa shape index (κ3) is 7.27. The van der Waals surface area contributed by atoms with E-state index in [0.717, 1.165) is 36.2 Å². The van der Waals surface area contributed by atoms with Gasteiger partial charge in [0.1, 0.15) is 11.6 Å². The molecule has 0 aliphatic rings. The van der Waals surface area contributed by atoms with E-state index in [1.807, 2.05) is 19.1 Å². The van der Waals surface area contributed by atoms with Crippen molar-refractivity contribution in [3.63, 3.8) is 0 Å². The summed E-state index contributed by atoms with van der Waals surface area (Å²) in [7, 11) is 1.66. The van der Waals surface area contributed by atoms with Crippen LogP contribution in [0.1, 0.15) is 37.4 Å². The summed E-state index contributed by atoms with van der Waals surface area (Å²) in [6.07, 6.45) is 2.32. The van der Waals surface area contributed by atoms with Gasteiger partial charge in [-0.05, 0) is 49.7 Å². The van der Waals surface area contributed by atoms with E-state index in [2.05, 4.69) is 11.8 Å².